The van der Waals surface area contributed by atoms with E-state index < -0.39 is 209 Å². The van der Waals surface area contributed by atoms with Crippen molar-refractivity contribution in [2.75, 3.05) is 43.0 Å². The SMILES string of the molecule is CCCCC[C@@H](C(=O)N(c1ccc(C)c(S(N)(=O)=O)c1)c1nccc(N(C)c2ccc3cn(C)nc3c2)n1)N(CC(=O)N[C@H](C(=O)N[C@@H](CCC)C(=O)N[C@H]1CCNC(=O)[C@H]([C@@H](C)O)NC(=O)[C@H](CCNC(=O)OC(C)(C)C)NC(=O)[C@H](CCNC(=O)OC(C)(C)C)NC(=O)[C@H](CC(C)C)NC(=O)[C@@H](Cc2ccccc2)NC(=O)[C@H](CCC)NC1=O)[C@@H](C)O)C(=O)OC(C)(C)C. The van der Waals surface area contributed by atoms with Gasteiger partial charge in [0.2, 0.25) is 75.0 Å². The number of aliphatic hydroxyl groups is 2. The number of hydrogen-bond donors (Lipinski definition) is 15. The first-order valence-corrected chi connectivity index (χ1v) is 45.7. The molecular weight excluding hydrogens is 1720 g/mol. The first-order valence-electron chi connectivity index (χ1n) is 44.1. The molecule has 0 spiro atoms. The van der Waals surface area contributed by atoms with Gasteiger partial charge >= 0.3 is 18.3 Å². The number of unbranched alkanes of at least 4 members (excludes halogenated alkanes) is 2. The first-order chi connectivity index (χ1) is 61.3. The summed E-state index contributed by atoms with van der Waals surface area (Å²) in [6.45, 7) is 24.4. The Kier molecular flexibility index (Phi) is 40.4. The van der Waals surface area contributed by atoms with Crippen molar-refractivity contribution < 1.29 is 100.0 Å². The van der Waals surface area contributed by atoms with Gasteiger partial charge in [0.15, 0.2) is 0 Å². The maximum Gasteiger partial charge on any atom is 0.411 e. The van der Waals surface area contributed by atoms with Crippen LogP contribution in [0.1, 0.15) is 199 Å². The highest BCUT2D eigenvalue weighted by atomic mass is 32.2. The Morgan fingerprint density at radius 2 is 1.19 bits per heavy atom. The van der Waals surface area contributed by atoms with Crippen molar-refractivity contribution in [3.8, 4) is 0 Å². The monoisotopic (exact) mass is 1850 g/mol. The van der Waals surface area contributed by atoms with Gasteiger partial charge in [-0.05, 0) is 181 Å². The van der Waals surface area contributed by atoms with Crippen LogP contribution in [-0.2, 0) is 90.4 Å². The van der Waals surface area contributed by atoms with E-state index in [1.165, 1.54) is 46.0 Å². The number of amides is 14. The van der Waals surface area contributed by atoms with Gasteiger partial charge in [-0.2, -0.15) is 10.1 Å². The van der Waals surface area contributed by atoms with Crippen LogP contribution in [0, 0.1) is 12.8 Å². The molecule has 0 saturated carbocycles. The smallest absolute Gasteiger partial charge is 0.411 e. The second-order valence-corrected chi connectivity index (χ2v) is 37.5. The van der Waals surface area contributed by atoms with E-state index in [9.17, 15) is 66.6 Å². The lowest BCUT2D eigenvalue weighted by atomic mass is 10.00. The number of fused-ring (bicyclic) bond motifs is 1. The van der Waals surface area contributed by atoms with Gasteiger partial charge in [-0.25, -0.2) is 37.8 Å². The van der Waals surface area contributed by atoms with E-state index in [-0.39, 0.29) is 105 Å². The van der Waals surface area contributed by atoms with Gasteiger partial charge in [-0.3, -0.25) is 62.3 Å². The Hall–Kier alpha value is -12.2. The van der Waals surface area contributed by atoms with Crippen molar-refractivity contribution in [1.29, 1.82) is 0 Å². The van der Waals surface area contributed by atoms with E-state index >= 15 is 19.2 Å². The molecule has 0 radical (unpaired) electrons. The molecule has 1 aliphatic rings. The average molecular weight is 1850 g/mol. The second kappa shape index (κ2) is 49.2. The van der Waals surface area contributed by atoms with Gasteiger partial charge in [0.05, 0.1) is 28.3 Å². The maximum absolute atomic E-state index is 16.1. The van der Waals surface area contributed by atoms with E-state index in [2.05, 4.69) is 73.9 Å². The Labute approximate surface area is 765 Å². The maximum atomic E-state index is 16.1. The van der Waals surface area contributed by atoms with Gasteiger partial charge in [-0.15, -0.1) is 0 Å². The minimum atomic E-state index is -4.49. The van der Waals surface area contributed by atoms with E-state index in [0.717, 1.165) is 35.1 Å². The Morgan fingerprint density at radius 1 is 0.634 bits per heavy atom. The number of carbonyl (C=O) groups excluding carboxylic acids is 14. The summed E-state index contributed by atoms with van der Waals surface area (Å²) in [5.41, 5.74) is -1.36. The van der Waals surface area contributed by atoms with Crippen LogP contribution in [0.25, 0.3) is 10.9 Å². The number of nitrogens with zero attached hydrogens (tertiary/aromatic N) is 7. The van der Waals surface area contributed by atoms with Gasteiger partial charge in [0.25, 0.3) is 5.91 Å². The lowest BCUT2D eigenvalue weighted by molar-refractivity contribution is -0.136. The molecule has 131 heavy (non-hydrogen) atoms. The zero-order valence-electron chi connectivity index (χ0n) is 78.4. The summed E-state index contributed by atoms with van der Waals surface area (Å²) < 4.78 is 44.9. The molecule has 0 bridgehead atoms. The second-order valence-electron chi connectivity index (χ2n) is 36.0. The van der Waals surface area contributed by atoms with Crippen molar-refractivity contribution in [2.45, 2.75) is 295 Å². The van der Waals surface area contributed by atoms with Gasteiger partial charge in [-0.1, -0.05) is 103 Å². The molecule has 41 nitrogen and oxygen atoms in total. The molecule has 2 aromatic heterocycles. The number of nitrogens with one attached hydrogen (secondary N) is 12. The number of nitrogens with two attached hydrogens (primary N) is 1. The fourth-order valence-corrected chi connectivity index (χ4v) is 14.8. The fourth-order valence-electron chi connectivity index (χ4n) is 14.0. The van der Waals surface area contributed by atoms with E-state index in [1.54, 1.807) is 129 Å². The number of sulfonamides is 1. The Balaban J connectivity index is 1.40. The number of benzene rings is 3. The number of primary sulfonamides is 1. The fraction of sp³-hybridized carbons (Fsp3) is 0.584. The molecule has 6 rings (SSSR count). The molecule has 722 valence electrons. The number of anilines is 4. The van der Waals surface area contributed by atoms with Crippen LogP contribution in [0.15, 0.2) is 90.1 Å². The standard InChI is InChI=1S/C89H134N20O21S/c1-20-23-25-32-67(82(122)109(58-35-33-52(6)68(48-58)131(90,126)127)83-92-44-40-69(102-83)107(19)57-36-34-56-49-106(18)105-64(56)47-57)108(86(125)130-89(15,16)17)50-70(112)103-72(54(8)111)81(121)99-60(29-22-3)73(113)96-61-37-41-91-80(120)71(53(7)110)104-77(117)63(39-43-94-85(124)129-88(12,13)14)97-76(116)62(38-42-93-84(123)128-87(9,10)11)98-78(118)65(45-51(4)5)100-79(119)66(46-55-30-26-24-27-31-55)101-74(114)59(28-21-2)95-75(61)115/h24,26-27,30-31,33-36,40,44,47-49,51,53-54,59-63,65-67,71-72,110-111H,20-23,25,28-29,32,37-39,41-43,45-46,50H2,1-19H3,(H,91,120)(H,93,123)(H,94,124)(H,95,115)(H,96,113)(H,97,116)(H,98,118)(H,99,121)(H,100,119)(H,101,114)(H,103,112)(H,104,117)(H2,90,126,127)/t53-,54-,59+,60+,61+,62+,63+,65+,66-,67+,71+,72+/m1/s1. The van der Waals surface area contributed by atoms with Crippen molar-refractivity contribution >= 4 is 127 Å². The van der Waals surface area contributed by atoms with Crippen LogP contribution in [-0.4, -0.2) is 249 Å². The molecule has 3 heterocycles. The van der Waals surface area contributed by atoms with Crippen molar-refractivity contribution in [3.63, 3.8) is 0 Å². The summed E-state index contributed by atoms with van der Waals surface area (Å²) >= 11 is 0. The summed E-state index contributed by atoms with van der Waals surface area (Å²) in [6.07, 6.45) is -3.84. The molecule has 14 amide bonds. The molecule has 1 aliphatic heterocycles. The highest BCUT2D eigenvalue weighted by molar-refractivity contribution is 7.89. The molecular formula is C89H134N20O21S. The number of rotatable bonds is 34. The third kappa shape index (κ3) is 34.6. The molecule has 42 heteroatoms. The van der Waals surface area contributed by atoms with Crippen LogP contribution in [0.5, 0.6) is 0 Å². The summed E-state index contributed by atoms with van der Waals surface area (Å²) in [4.78, 5) is 219. The average Bonchev–Trinajstić information content (AvgIpc) is 0.923. The van der Waals surface area contributed by atoms with Crippen LogP contribution >= 0.6 is 0 Å². The molecule has 3 aromatic carbocycles. The van der Waals surface area contributed by atoms with E-state index in [1.807, 2.05) is 31.3 Å². The molecule has 0 unspecified atom stereocenters. The Morgan fingerprint density at radius 3 is 1.75 bits per heavy atom. The molecule has 16 N–H and O–H groups in total. The lowest BCUT2D eigenvalue weighted by Gasteiger charge is -2.35. The minimum Gasteiger partial charge on any atom is -0.444 e. The summed E-state index contributed by atoms with van der Waals surface area (Å²) in [7, 11) is -1.01. The number of aromatic nitrogens is 4. The number of ether oxygens (including phenoxy) is 3. The summed E-state index contributed by atoms with van der Waals surface area (Å²) in [5, 5.41) is 65.0. The third-order valence-electron chi connectivity index (χ3n) is 20.5. The first kappa shape index (κ1) is 108. The van der Waals surface area contributed by atoms with Gasteiger partial charge in [0.1, 0.15) is 89.6 Å². The van der Waals surface area contributed by atoms with E-state index in [4.69, 9.17) is 24.3 Å². The van der Waals surface area contributed by atoms with Crippen molar-refractivity contribution in [1.82, 2.24) is 88.4 Å². The van der Waals surface area contributed by atoms with Crippen molar-refractivity contribution in [2.24, 2.45) is 18.1 Å². The number of aliphatic hydroxyl groups excluding tert-OH is 2. The topological polar surface area (TPSA) is 565 Å². The predicted molar refractivity (Wildman–Crippen MR) is 487 cm³/mol. The quantitative estimate of drug-likeness (QED) is 0.0202. The van der Waals surface area contributed by atoms with Gasteiger partial charge in [0, 0.05) is 63.6 Å². The Bertz CT molecular complexity index is 4920. The number of aryl methyl sites for hydroxylation is 2. The summed E-state index contributed by atoms with van der Waals surface area (Å²) in [5.74, 6) is -11.9. The van der Waals surface area contributed by atoms with Crippen LogP contribution < -0.4 is 78.7 Å². The van der Waals surface area contributed by atoms with Crippen LogP contribution in [0.4, 0.5) is 37.5 Å². The molecule has 0 aliphatic carbocycles. The highest BCUT2D eigenvalue weighted by Gasteiger charge is 2.43. The molecule has 1 fully saturated rings. The van der Waals surface area contributed by atoms with Crippen LogP contribution in [0.3, 0.4) is 0 Å². The van der Waals surface area contributed by atoms with E-state index in [0.29, 0.717) is 29.6 Å². The highest BCUT2D eigenvalue weighted by Crippen LogP contribution is 2.33. The zero-order valence-corrected chi connectivity index (χ0v) is 79.2. The lowest BCUT2D eigenvalue weighted by Crippen LogP contribution is -2.61. The number of carbonyl (C=O) groups is 14. The van der Waals surface area contributed by atoms with Crippen molar-refractivity contribution in [3.05, 3.63) is 96.3 Å². The number of hydrogen-bond acceptors (Lipinski definition) is 25. The zero-order chi connectivity index (χ0) is 97.7. The minimum absolute atomic E-state index is 0.0735. The van der Waals surface area contributed by atoms with Gasteiger partial charge < -0.3 is 93.1 Å². The third-order valence-corrected chi connectivity index (χ3v) is 21.5. The summed E-state index contributed by atoms with van der Waals surface area (Å²) in [6, 6.07) is 2.67. The molecule has 12 atom stereocenters. The largest absolute Gasteiger partial charge is 0.444 e. The molecule has 5 aromatic rings. The number of alkyl carbamates (subject to hydrolysis) is 2. The van der Waals surface area contributed by atoms with Crippen LogP contribution in [0.2, 0.25) is 0 Å². The predicted octanol–water partition coefficient (Wildman–Crippen LogP) is 4.30. The normalized spacial score (nSPS) is 19.0. The molecule has 1 saturated heterocycles.